The van der Waals surface area contributed by atoms with Gasteiger partial charge in [0, 0.05) is 23.9 Å². The number of benzene rings is 1. The zero-order chi connectivity index (χ0) is 16.8. The summed E-state index contributed by atoms with van der Waals surface area (Å²) in [5.74, 6) is 6.37. The maximum absolute atomic E-state index is 13.8. The monoisotopic (exact) mass is 373 g/mol. The zero-order valence-electron chi connectivity index (χ0n) is 13.2. The van der Waals surface area contributed by atoms with Gasteiger partial charge < -0.3 is 17.1 Å². The lowest BCUT2D eigenvalue weighted by molar-refractivity contribution is -0.378. The number of aromatic nitrogens is 3. The van der Waals surface area contributed by atoms with E-state index < -0.39 is 5.82 Å². The molecule has 0 fully saturated rings. The molecule has 0 atom stereocenters. The highest BCUT2D eigenvalue weighted by atomic mass is 35.5. The summed E-state index contributed by atoms with van der Waals surface area (Å²) in [7, 11) is 0. The highest BCUT2D eigenvalue weighted by Gasteiger charge is 2.03. The second-order valence-corrected chi connectivity index (χ2v) is 5.47. The number of halogens is 2. The SMILES string of the molecule is CSc1nccc(C#Cc2cc(F)cc(Oc3ccc[nH+]c3)c2)n1.[Cl-]. The molecule has 0 aliphatic carbocycles. The summed E-state index contributed by atoms with van der Waals surface area (Å²) in [4.78, 5) is 11.3. The van der Waals surface area contributed by atoms with E-state index in [9.17, 15) is 4.39 Å². The fourth-order valence-corrected chi connectivity index (χ4v) is 2.27. The van der Waals surface area contributed by atoms with E-state index in [0.717, 1.165) is 0 Å². The molecule has 1 N–H and O–H groups in total. The van der Waals surface area contributed by atoms with Gasteiger partial charge in [-0.2, -0.15) is 0 Å². The van der Waals surface area contributed by atoms with Gasteiger partial charge in [-0.05, 0) is 36.4 Å². The van der Waals surface area contributed by atoms with Gasteiger partial charge in [0.15, 0.2) is 17.1 Å². The van der Waals surface area contributed by atoms with E-state index in [4.69, 9.17) is 4.74 Å². The maximum Gasteiger partial charge on any atom is 0.210 e. The van der Waals surface area contributed by atoms with Crippen LogP contribution in [0.4, 0.5) is 4.39 Å². The second-order valence-electron chi connectivity index (χ2n) is 4.70. The number of rotatable bonds is 3. The molecule has 7 heteroatoms. The van der Waals surface area contributed by atoms with Gasteiger partial charge in [0.25, 0.3) is 0 Å². The van der Waals surface area contributed by atoms with E-state index in [1.807, 2.05) is 6.26 Å². The fourth-order valence-electron chi connectivity index (χ4n) is 1.92. The molecule has 126 valence electrons. The third-order valence-corrected chi connectivity index (χ3v) is 3.50. The van der Waals surface area contributed by atoms with Crippen LogP contribution in [0.3, 0.4) is 0 Å². The molecule has 25 heavy (non-hydrogen) atoms. The normalized spacial score (nSPS) is 9.52. The molecular weight excluding hydrogens is 361 g/mol. The van der Waals surface area contributed by atoms with E-state index in [2.05, 4.69) is 26.8 Å². The van der Waals surface area contributed by atoms with Gasteiger partial charge in [0.05, 0.1) is 0 Å². The summed E-state index contributed by atoms with van der Waals surface area (Å²) in [6, 6.07) is 9.64. The summed E-state index contributed by atoms with van der Waals surface area (Å²) in [6.45, 7) is 0. The average Bonchev–Trinajstić information content (AvgIpc) is 2.60. The van der Waals surface area contributed by atoms with Crippen molar-refractivity contribution in [2.75, 3.05) is 6.26 Å². The molecule has 1 aromatic carbocycles. The molecule has 0 amide bonds. The minimum absolute atomic E-state index is 0. The molecule has 0 saturated heterocycles. The van der Waals surface area contributed by atoms with Crippen LogP contribution >= 0.6 is 11.8 Å². The number of H-pyrrole nitrogens is 1. The van der Waals surface area contributed by atoms with Crippen LogP contribution in [-0.2, 0) is 0 Å². The summed E-state index contributed by atoms with van der Waals surface area (Å²) < 4.78 is 19.4. The lowest BCUT2D eigenvalue weighted by atomic mass is 10.2. The summed E-state index contributed by atoms with van der Waals surface area (Å²) in [6.07, 6.45) is 6.99. The first-order chi connectivity index (χ1) is 11.7. The number of hydrogen-bond acceptors (Lipinski definition) is 4. The third-order valence-electron chi connectivity index (χ3n) is 2.94. The highest BCUT2D eigenvalue weighted by Crippen LogP contribution is 2.22. The molecule has 0 aliphatic heterocycles. The van der Waals surface area contributed by atoms with Crippen molar-refractivity contribution in [2.24, 2.45) is 0 Å². The quantitative estimate of drug-likeness (QED) is 0.377. The third kappa shape index (κ3) is 5.45. The molecule has 0 aliphatic rings. The molecule has 0 unspecified atom stereocenters. The van der Waals surface area contributed by atoms with E-state index in [1.54, 1.807) is 42.9 Å². The molecule has 4 nitrogen and oxygen atoms in total. The van der Waals surface area contributed by atoms with E-state index >= 15 is 0 Å². The number of pyridine rings is 1. The number of nitrogens with zero attached hydrogens (tertiary/aromatic N) is 2. The van der Waals surface area contributed by atoms with Crippen LogP contribution in [0.5, 0.6) is 11.5 Å². The first kappa shape index (κ1) is 18.7. The molecule has 0 spiro atoms. The zero-order valence-corrected chi connectivity index (χ0v) is 14.7. The van der Waals surface area contributed by atoms with Crippen LogP contribution in [0.15, 0.2) is 60.1 Å². The van der Waals surface area contributed by atoms with E-state index in [-0.39, 0.29) is 12.4 Å². The minimum Gasteiger partial charge on any atom is -1.00 e. The number of ether oxygens (including phenoxy) is 1. The standard InChI is InChI=1S/C18H12FN3OS.ClH/c1-24-18-21-8-6-15(22-18)5-4-13-9-14(19)11-17(10-13)23-16-3-2-7-20-12-16;/h2-3,6-12H,1H3;1H. The van der Waals surface area contributed by atoms with E-state index in [1.165, 1.54) is 23.9 Å². The summed E-state index contributed by atoms with van der Waals surface area (Å²) in [5, 5.41) is 0.644. The van der Waals surface area contributed by atoms with Crippen molar-refractivity contribution >= 4 is 11.8 Å². The summed E-state index contributed by atoms with van der Waals surface area (Å²) >= 11 is 1.44. The molecule has 2 heterocycles. The molecule has 0 bridgehead atoms. The van der Waals surface area contributed by atoms with Crippen molar-refractivity contribution in [2.45, 2.75) is 5.16 Å². The lowest BCUT2D eigenvalue weighted by Gasteiger charge is -2.04. The largest absolute Gasteiger partial charge is 1.00 e. The van der Waals surface area contributed by atoms with Gasteiger partial charge in [-0.1, -0.05) is 17.7 Å². The van der Waals surface area contributed by atoms with Gasteiger partial charge in [-0.15, -0.1) is 0 Å². The second kappa shape index (κ2) is 9.02. The van der Waals surface area contributed by atoms with Crippen LogP contribution in [0, 0.1) is 17.7 Å². The predicted molar refractivity (Wildman–Crippen MR) is 89.3 cm³/mol. The van der Waals surface area contributed by atoms with Gasteiger partial charge in [0.2, 0.25) is 6.20 Å². The Morgan fingerprint density at radius 1 is 1.16 bits per heavy atom. The van der Waals surface area contributed by atoms with Gasteiger partial charge in [0.1, 0.15) is 17.3 Å². The first-order valence-electron chi connectivity index (χ1n) is 7.06. The van der Waals surface area contributed by atoms with Gasteiger partial charge in [-0.25, -0.2) is 19.3 Å². The Morgan fingerprint density at radius 3 is 2.80 bits per heavy atom. The fraction of sp³-hybridized carbons (Fsp3) is 0.0556. The Labute approximate surface area is 155 Å². The number of aromatic amines is 1. The summed E-state index contributed by atoms with van der Waals surface area (Å²) in [5.41, 5.74) is 1.09. The van der Waals surface area contributed by atoms with Crippen molar-refractivity contribution in [1.82, 2.24) is 9.97 Å². The van der Waals surface area contributed by atoms with Crippen molar-refractivity contribution in [3.8, 4) is 23.3 Å². The van der Waals surface area contributed by atoms with Crippen molar-refractivity contribution in [3.63, 3.8) is 0 Å². The Bertz CT molecular complexity index is 913. The molecular formula is C18H13ClFN3OS. The molecule has 3 rings (SSSR count). The number of hydrogen-bond donors (Lipinski definition) is 0. The van der Waals surface area contributed by atoms with Crippen molar-refractivity contribution < 1.29 is 26.5 Å². The van der Waals surface area contributed by atoms with Crippen LogP contribution in [0.2, 0.25) is 0 Å². The average molecular weight is 374 g/mol. The van der Waals surface area contributed by atoms with Crippen LogP contribution < -0.4 is 22.1 Å². The van der Waals surface area contributed by atoms with Gasteiger partial charge >= 0.3 is 0 Å². The number of thioether (sulfide) groups is 1. The van der Waals surface area contributed by atoms with E-state index in [0.29, 0.717) is 27.9 Å². The minimum atomic E-state index is -0.413. The Hall–Kier alpha value is -2.62. The Kier molecular flexibility index (Phi) is 6.75. The predicted octanol–water partition coefficient (Wildman–Crippen LogP) is 0.348. The van der Waals surface area contributed by atoms with Gasteiger partial charge in [-0.3, -0.25) is 0 Å². The van der Waals surface area contributed by atoms with Crippen molar-refractivity contribution in [3.05, 3.63) is 72.1 Å². The Balaban J connectivity index is 0.00000225. The first-order valence-corrected chi connectivity index (χ1v) is 8.29. The Morgan fingerprint density at radius 2 is 2.04 bits per heavy atom. The highest BCUT2D eigenvalue weighted by molar-refractivity contribution is 7.98. The number of nitrogens with one attached hydrogen (secondary N) is 1. The topological polar surface area (TPSA) is 49.2 Å². The maximum atomic E-state index is 13.8. The van der Waals surface area contributed by atoms with Crippen LogP contribution in [0.1, 0.15) is 11.3 Å². The lowest BCUT2D eigenvalue weighted by Crippen LogP contribution is -3.00. The van der Waals surface area contributed by atoms with Crippen LogP contribution in [0.25, 0.3) is 0 Å². The molecule has 2 aromatic heterocycles. The molecule has 0 saturated carbocycles. The van der Waals surface area contributed by atoms with Crippen LogP contribution in [-0.4, -0.2) is 16.2 Å². The molecule has 0 radical (unpaired) electrons. The van der Waals surface area contributed by atoms with Crippen molar-refractivity contribution in [1.29, 1.82) is 0 Å². The molecule has 3 aromatic rings. The smallest absolute Gasteiger partial charge is 0.210 e.